The molecule has 2 aromatic rings. The summed E-state index contributed by atoms with van der Waals surface area (Å²) < 4.78 is 0. The molecule has 0 saturated heterocycles. The number of hydrogen-bond donors (Lipinski definition) is 3. The fraction of sp³-hybridized carbons (Fsp3) is 0. The molecule has 124 valence electrons. The van der Waals surface area contributed by atoms with Gasteiger partial charge in [0.1, 0.15) is 5.56 Å². The molecule has 3 amide bonds. The van der Waals surface area contributed by atoms with Crippen molar-refractivity contribution in [3.05, 3.63) is 68.2 Å². The van der Waals surface area contributed by atoms with E-state index in [1.807, 2.05) is 0 Å². The number of hydrogen-bond acceptors (Lipinski definition) is 4. The van der Waals surface area contributed by atoms with Gasteiger partial charge in [0.25, 0.3) is 11.6 Å². The zero-order valence-electron chi connectivity index (χ0n) is 11.9. The number of nitro groups is 1. The Labute approximate surface area is 145 Å². The molecule has 0 aromatic heterocycles. The zero-order chi connectivity index (χ0) is 17.7. The van der Waals surface area contributed by atoms with E-state index in [1.54, 1.807) is 0 Å². The van der Waals surface area contributed by atoms with Crippen LogP contribution in [-0.4, -0.2) is 16.9 Å². The zero-order valence-corrected chi connectivity index (χ0v) is 13.4. The lowest BCUT2D eigenvalue weighted by Gasteiger charge is -2.09. The molecule has 2 aromatic carbocycles. The molecule has 0 aliphatic rings. The number of nitrogens with zero attached hydrogens (tertiary/aromatic N) is 1. The van der Waals surface area contributed by atoms with E-state index in [4.69, 9.17) is 23.2 Å². The number of benzene rings is 2. The summed E-state index contributed by atoms with van der Waals surface area (Å²) >= 11 is 11.6. The predicted octanol–water partition coefficient (Wildman–Crippen LogP) is 3.37. The number of carbonyl (C=O) groups is 2. The van der Waals surface area contributed by atoms with Crippen LogP contribution in [0.5, 0.6) is 0 Å². The molecule has 0 saturated carbocycles. The summed E-state index contributed by atoms with van der Waals surface area (Å²) in [4.78, 5) is 33.8. The fourth-order valence-corrected chi connectivity index (χ4v) is 2.04. The van der Waals surface area contributed by atoms with Crippen molar-refractivity contribution in [1.82, 2.24) is 10.9 Å². The van der Waals surface area contributed by atoms with Gasteiger partial charge in [-0.1, -0.05) is 35.3 Å². The second-order valence-corrected chi connectivity index (χ2v) is 5.25. The first-order chi connectivity index (χ1) is 11.4. The Kier molecular flexibility index (Phi) is 5.56. The van der Waals surface area contributed by atoms with Crippen molar-refractivity contribution in [1.29, 1.82) is 0 Å². The second kappa shape index (κ2) is 7.62. The van der Waals surface area contributed by atoms with E-state index in [-0.39, 0.29) is 16.3 Å². The van der Waals surface area contributed by atoms with Crippen molar-refractivity contribution in [3.8, 4) is 0 Å². The van der Waals surface area contributed by atoms with E-state index in [0.29, 0.717) is 10.7 Å². The molecule has 0 atom stereocenters. The Balaban J connectivity index is 1.97. The van der Waals surface area contributed by atoms with Crippen LogP contribution >= 0.6 is 23.2 Å². The quantitative estimate of drug-likeness (QED) is 0.569. The summed E-state index contributed by atoms with van der Waals surface area (Å²) in [6, 6.07) is 9.02. The molecule has 0 bridgehead atoms. The van der Waals surface area contributed by atoms with Gasteiger partial charge in [0.15, 0.2) is 0 Å². The standard InChI is InChI=1S/C14H10Cl2N4O4/c15-10-6-5-8(7-11(10)16)17-14(22)19-18-13(21)9-3-1-2-4-12(9)20(23)24/h1-7H,(H,18,21)(H2,17,19,22). The maximum absolute atomic E-state index is 11.9. The van der Waals surface area contributed by atoms with E-state index in [0.717, 1.165) is 0 Å². The van der Waals surface area contributed by atoms with Crippen molar-refractivity contribution in [2.75, 3.05) is 5.32 Å². The highest BCUT2D eigenvalue weighted by molar-refractivity contribution is 6.42. The molecule has 8 nitrogen and oxygen atoms in total. The molecule has 0 heterocycles. The van der Waals surface area contributed by atoms with E-state index in [2.05, 4.69) is 16.2 Å². The summed E-state index contributed by atoms with van der Waals surface area (Å²) in [7, 11) is 0. The maximum atomic E-state index is 11.9. The Morgan fingerprint density at radius 1 is 1.00 bits per heavy atom. The van der Waals surface area contributed by atoms with Crippen LogP contribution in [0.2, 0.25) is 10.0 Å². The maximum Gasteiger partial charge on any atom is 0.337 e. The van der Waals surface area contributed by atoms with Crippen LogP contribution in [0.15, 0.2) is 42.5 Å². The Morgan fingerprint density at radius 2 is 1.71 bits per heavy atom. The molecule has 10 heteroatoms. The Hall–Kier alpha value is -2.84. The van der Waals surface area contributed by atoms with Crippen LogP contribution in [0.1, 0.15) is 10.4 Å². The SMILES string of the molecule is O=C(NNC(=O)c1ccccc1[N+](=O)[O-])Nc1ccc(Cl)c(Cl)c1. The molecule has 2 rings (SSSR count). The van der Waals surface area contributed by atoms with Gasteiger partial charge in [0, 0.05) is 11.8 Å². The monoisotopic (exact) mass is 368 g/mol. The van der Waals surface area contributed by atoms with Crippen LogP contribution in [0.3, 0.4) is 0 Å². The average molecular weight is 369 g/mol. The number of urea groups is 1. The van der Waals surface area contributed by atoms with Gasteiger partial charge in [0.2, 0.25) is 0 Å². The molecule has 0 spiro atoms. The average Bonchev–Trinajstić information content (AvgIpc) is 2.56. The minimum absolute atomic E-state index is 0.183. The number of carbonyl (C=O) groups excluding carboxylic acids is 2. The van der Waals surface area contributed by atoms with Crippen molar-refractivity contribution in [2.24, 2.45) is 0 Å². The van der Waals surface area contributed by atoms with Crippen molar-refractivity contribution in [3.63, 3.8) is 0 Å². The highest BCUT2D eigenvalue weighted by atomic mass is 35.5. The summed E-state index contributed by atoms with van der Waals surface area (Å²) in [6.07, 6.45) is 0. The Bertz CT molecular complexity index is 813. The third-order valence-electron chi connectivity index (χ3n) is 2.81. The summed E-state index contributed by atoms with van der Waals surface area (Å²) in [5, 5.41) is 13.9. The first-order valence-corrected chi connectivity index (χ1v) is 7.20. The van der Waals surface area contributed by atoms with Gasteiger partial charge >= 0.3 is 6.03 Å². The van der Waals surface area contributed by atoms with Gasteiger partial charge in [-0.05, 0) is 24.3 Å². The van der Waals surface area contributed by atoms with Gasteiger partial charge in [0.05, 0.1) is 15.0 Å². The molecule has 3 N–H and O–H groups in total. The van der Waals surface area contributed by atoms with E-state index in [9.17, 15) is 19.7 Å². The molecule has 0 aliphatic heterocycles. The first kappa shape index (κ1) is 17.5. The normalized spacial score (nSPS) is 9.92. The topological polar surface area (TPSA) is 113 Å². The summed E-state index contributed by atoms with van der Waals surface area (Å²) in [5.41, 5.74) is 3.95. The molecule has 0 unspecified atom stereocenters. The largest absolute Gasteiger partial charge is 0.337 e. The molecular formula is C14H10Cl2N4O4. The Morgan fingerprint density at radius 3 is 2.38 bits per heavy atom. The van der Waals surface area contributed by atoms with Crippen molar-refractivity contribution >= 4 is 46.5 Å². The lowest BCUT2D eigenvalue weighted by atomic mass is 10.2. The van der Waals surface area contributed by atoms with Gasteiger partial charge < -0.3 is 5.32 Å². The smallest absolute Gasteiger partial charge is 0.307 e. The summed E-state index contributed by atoms with van der Waals surface area (Å²) in [6.45, 7) is 0. The lowest BCUT2D eigenvalue weighted by molar-refractivity contribution is -0.385. The highest BCUT2D eigenvalue weighted by Crippen LogP contribution is 2.24. The third kappa shape index (κ3) is 4.34. The molecule has 24 heavy (non-hydrogen) atoms. The number of hydrazine groups is 1. The number of halogens is 2. The number of para-hydroxylation sites is 1. The molecular weight excluding hydrogens is 359 g/mol. The molecule has 0 radical (unpaired) electrons. The number of anilines is 1. The van der Waals surface area contributed by atoms with Gasteiger partial charge in [-0.3, -0.25) is 20.3 Å². The number of nitrogens with one attached hydrogen (secondary N) is 3. The lowest BCUT2D eigenvalue weighted by Crippen LogP contribution is -2.44. The number of nitro benzene ring substituents is 1. The second-order valence-electron chi connectivity index (χ2n) is 4.44. The first-order valence-electron chi connectivity index (χ1n) is 6.44. The van der Waals surface area contributed by atoms with Crippen molar-refractivity contribution < 1.29 is 14.5 Å². The van der Waals surface area contributed by atoms with Gasteiger partial charge in [-0.25, -0.2) is 10.2 Å². The third-order valence-corrected chi connectivity index (χ3v) is 3.55. The van der Waals surface area contributed by atoms with Crippen LogP contribution < -0.4 is 16.2 Å². The van der Waals surface area contributed by atoms with E-state index < -0.39 is 16.9 Å². The van der Waals surface area contributed by atoms with E-state index >= 15 is 0 Å². The van der Waals surface area contributed by atoms with E-state index in [1.165, 1.54) is 42.5 Å². The van der Waals surface area contributed by atoms with Crippen LogP contribution in [0.25, 0.3) is 0 Å². The number of rotatable bonds is 3. The van der Waals surface area contributed by atoms with Crippen LogP contribution in [0, 0.1) is 10.1 Å². The molecule has 0 aliphatic carbocycles. The summed E-state index contributed by atoms with van der Waals surface area (Å²) in [5.74, 6) is -0.827. The van der Waals surface area contributed by atoms with Crippen LogP contribution in [-0.2, 0) is 0 Å². The van der Waals surface area contributed by atoms with Crippen molar-refractivity contribution in [2.45, 2.75) is 0 Å². The molecule has 0 fully saturated rings. The minimum Gasteiger partial charge on any atom is -0.307 e. The predicted molar refractivity (Wildman–Crippen MR) is 89.2 cm³/mol. The highest BCUT2D eigenvalue weighted by Gasteiger charge is 2.19. The van der Waals surface area contributed by atoms with Crippen LogP contribution in [0.4, 0.5) is 16.2 Å². The number of amides is 3. The van der Waals surface area contributed by atoms with Gasteiger partial charge in [-0.2, -0.15) is 0 Å². The minimum atomic E-state index is -0.827. The fourth-order valence-electron chi connectivity index (χ4n) is 1.74. The van der Waals surface area contributed by atoms with Gasteiger partial charge in [-0.15, -0.1) is 0 Å².